The molecular formula is C47H76NO7+. The summed E-state index contributed by atoms with van der Waals surface area (Å²) >= 11 is 0. The number of carboxylic acid groups (broad SMARTS) is 1. The van der Waals surface area contributed by atoms with Gasteiger partial charge >= 0.3 is 17.9 Å². The van der Waals surface area contributed by atoms with Gasteiger partial charge in [-0.25, -0.2) is 4.79 Å². The predicted octanol–water partition coefficient (Wildman–Crippen LogP) is 11.1. The smallest absolute Gasteiger partial charge is 0.362 e. The van der Waals surface area contributed by atoms with Gasteiger partial charge in [-0.15, -0.1) is 0 Å². The Bertz CT molecular complexity index is 1220. The second kappa shape index (κ2) is 37.2. The van der Waals surface area contributed by atoms with Gasteiger partial charge in [0.1, 0.15) is 6.61 Å². The maximum absolute atomic E-state index is 12.7. The number of quaternary nitrogens is 1. The van der Waals surface area contributed by atoms with Crippen molar-refractivity contribution >= 4 is 17.9 Å². The van der Waals surface area contributed by atoms with Crippen molar-refractivity contribution in [1.82, 2.24) is 0 Å². The number of nitrogens with zero attached hydrogens (tertiary/aromatic N) is 1. The van der Waals surface area contributed by atoms with E-state index in [1.807, 2.05) is 51.5 Å². The van der Waals surface area contributed by atoms with Crippen LogP contribution >= 0.6 is 0 Å². The number of carbonyl (C=O) groups is 3. The molecule has 0 amide bonds. The van der Waals surface area contributed by atoms with Crippen LogP contribution in [-0.2, 0) is 28.6 Å². The molecule has 0 aliphatic rings. The van der Waals surface area contributed by atoms with Crippen molar-refractivity contribution in [3.8, 4) is 0 Å². The summed E-state index contributed by atoms with van der Waals surface area (Å²) in [4.78, 5) is 36.9. The van der Waals surface area contributed by atoms with E-state index >= 15 is 0 Å². The van der Waals surface area contributed by atoms with Gasteiger partial charge < -0.3 is 23.8 Å². The molecule has 0 aliphatic carbocycles. The van der Waals surface area contributed by atoms with Crippen molar-refractivity contribution in [2.75, 3.05) is 41.0 Å². The first-order valence-corrected chi connectivity index (χ1v) is 20.8. The summed E-state index contributed by atoms with van der Waals surface area (Å²) in [5, 5.41) is 9.61. The third-order valence-electron chi connectivity index (χ3n) is 8.57. The van der Waals surface area contributed by atoms with Crippen LogP contribution in [0.3, 0.4) is 0 Å². The molecule has 0 spiro atoms. The normalized spacial score (nSPS) is 14.0. The summed E-state index contributed by atoms with van der Waals surface area (Å²) in [7, 11) is 5.49. The molecule has 55 heavy (non-hydrogen) atoms. The summed E-state index contributed by atoms with van der Waals surface area (Å²) in [5.74, 6) is -1.56. The van der Waals surface area contributed by atoms with E-state index in [1.54, 1.807) is 0 Å². The van der Waals surface area contributed by atoms with Crippen LogP contribution in [0, 0.1) is 0 Å². The molecule has 0 fully saturated rings. The van der Waals surface area contributed by atoms with Crippen LogP contribution in [0.4, 0.5) is 0 Å². The van der Waals surface area contributed by atoms with Gasteiger partial charge in [-0.05, 0) is 70.6 Å². The first-order chi connectivity index (χ1) is 26.6. The average molecular weight is 767 g/mol. The number of hydrogen-bond donors (Lipinski definition) is 1. The molecule has 0 saturated carbocycles. The van der Waals surface area contributed by atoms with Crippen LogP contribution in [0.2, 0.25) is 0 Å². The van der Waals surface area contributed by atoms with Gasteiger partial charge in [-0.3, -0.25) is 9.59 Å². The maximum Gasteiger partial charge on any atom is 0.362 e. The zero-order valence-corrected chi connectivity index (χ0v) is 35.1. The van der Waals surface area contributed by atoms with E-state index in [9.17, 15) is 19.5 Å². The number of unbranched alkanes of at least 4 members (excludes halogenated alkanes) is 8. The second-order valence-corrected chi connectivity index (χ2v) is 14.6. The van der Waals surface area contributed by atoms with Crippen LogP contribution < -0.4 is 0 Å². The first-order valence-electron chi connectivity index (χ1n) is 20.8. The lowest BCUT2D eigenvalue weighted by molar-refractivity contribution is -0.887. The van der Waals surface area contributed by atoms with Crippen LogP contribution in [-0.4, -0.2) is 80.6 Å². The van der Waals surface area contributed by atoms with Crippen molar-refractivity contribution < 1.29 is 38.2 Å². The predicted molar refractivity (Wildman–Crippen MR) is 229 cm³/mol. The Morgan fingerprint density at radius 3 is 1.65 bits per heavy atom. The minimum atomic E-state index is -0.890. The van der Waals surface area contributed by atoms with E-state index in [-0.39, 0.29) is 42.7 Å². The topological polar surface area (TPSA) is 99.1 Å². The second-order valence-electron chi connectivity index (χ2n) is 14.6. The van der Waals surface area contributed by atoms with Gasteiger partial charge in [0.05, 0.1) is 34.4 Å². The Labute approximate surface area is 335 Å². The number of ether oxygens (including phenoxy) is 3. The zero-order chi connectivity index (χ0) is 40.7. The molecule has 0 heterocycles. The van der Waals surface area contributed by atoms with E-state index in [1.165, 1.54) is 0 Å². The lowest BCUT2D eigenvalue weighted by Crippen LogP contribution is -2.50. The highest BCUT2D eigenvalue weighted by Gasteiger charge is 2.31. The van der Waals surface area contributed by atoms with Crippen molar-refractivity contribution in [3.63, 3.8) is 0 Å². The lowest BCUT2D eigenvalue weighted by atomic mass is 10.1. The van der Waals surface area contributed by atoms with Gasteiger partial charge in [0, 0.05) is 19.3 Å². The Morgan fingerprint density at radius 1 is 0.564 bits per heavy atom. The van der Waals surface area contributed by atoms with Gasteiger partial charge in [0.25, 0.3) is 0 Å². The number of allylic oxidation sites excluding steroid dienone is 16. The molecule has 0 aromatic carbocycles. The third kappa shape index (κ3) is 35.7. The van der Waals surface area contributed by atoms with E-state index < -0.39 is 18.1 Å². The summed E-state index contributed by atoms with van der Waals surface area (Å²) in [5.41, 5.74) is 0. The van der Waals surface area contributed by atoms with Crippen LogP contribution in [0.1, 0.15) is 129 Å². The molecule has 0 rings (SSSR count). The van der Waals surface area contributed by atoms with Crippen molar-refractivity contribution in [3.05, 3.63) is 97.2 Å². The van der Waals surface area contributed by atoms with Gasteiger partial charge in [0.15, 0.2) is 12.1 Å². The number of rotatable bonds is 35. The van der Waals surface area contributed by atoms with Crippen LogP contribution in [0.15, 0.2) is 97.2 Å². The van der Waals surface area contributed by atoms with E-state index in [2.05, 4.69) is 80.7 Å². The standard InChI is InChI=1S/C47H75NO7/c1-6-8-10-12-14-16-18-20-22-24-26-28-30-32-34-36-38-46(50)55-43(41-53-40-39-44(47(51)52)48(3,4)5)42-54-45(49)37-35-33-31-29-27-25-23-21-19-17-15-13-11-9-7-2/h8-11,13-17,19-23,26,28,43-44H,6-7,12,18,24-25,27,29-42H2,1-5H3/p+1/b10-8+,11-9+,15-13+,16-14+,19-17+,22-20+,23-21+,28-26+. The number of esters is 2. The maximum atomic E-state index is 12.7. The van der Waals surface area contributed by atoms with E-state index in [0.29, 0.717) is 19.3 Å². The Kier molecular flexibility index (Phi) is 34.7. The number of aliphatic carboxylic acids is 1. The fraction of sp³-hybridized carbons (Fsp3) is 0.596. The van der Waals surface area contributed by atoms with Gasteiger partial charge in [0.2, 0.25) is 0 Å². The minimum Gasteiger partial charge on any atom is -0.477 e. The molecule has 0 aromatic rings. The molecule has 2 unspecified atom stereocenters. The van der Waals surface area contributed by atoms with Gasteiger partial charge in [-0.1, -0.05) is 137 Å². The van der Waals surface area contributed by atoms with Crippen molar-refractivity contribution in [2.24, 2.45) is 0 Å². The SMILES string of the molecule is CC/C=C/C=C/C=C/C=C/CCCCCCCC(=O)OCC(COCCC(C(=O)O)[N+](C)(C)C)OC(=O)CCCCC/C=C/C/C=C/C/C=C/C/C=C/CC. The molecule has 310 valence electrons. The number of carboxylic acids is 1. The number of carbonyl (C=O) groups excluding carboxylic acids is 2. The minimum absolute atomic E-state index is 0.0333. The van der Waals surface area contributed by atoms with Gasteiger partial charge in [-0.2, -0.15) is 0 Å². The molecule has 0 saturated heterocycles. The van der Waals surface area contributed by atoms with E-state index in [0.717, 1.165) is 89.9 Å². The van der Waals surface area contributed by atoms with Crippen molar-refractivity contribution in [2.45, 2.75) is 142 Å². The lowest BCUT2D eigenvalue weighted by Gasteiger charge is -2.31. The number of hydrogen-bond acceptors (Lipinski definition) is 6. The molecule has 0 bridgehead atoms. The number of likely N-dealkylation sites (N-methyl/N-ethyl adjacent to an activating group) is 1. The van der Waals surface area contributed by atoms with Crippen LogP contribution in [0.5, 0.6) is 0 Å². The summed E-state index contributed by atoms with van der Waals surface area (Å²) in [6, 6.07) is -0.630. The largest absolute Gasteiger partial charge is 0.477 e. The fourth-order valence-electron chi connectivity index (χ4n) is 5.38. The third-order valence-corrected chi connectivity index (χ3v) is 8.57. The Morgan fingerprint density at radius 2 is 1.05 bits per heavy atom. The van der Waals surface area contributed by atoms with E-state index in [4.69, 9.17) is 14.2 Å². The molecular weight excluding hydrogens is 691 g/mol. The molecule has 1 N–H and O–H groups in total. The summed E-state index contributed by atoms with van der Waals surface area (Å²) in [6.07, 6.45) is 48.8. The molecule has 2 atom stereocenters. The monoisotopic (exact) mass is 767 g/mol. The highest BCUT2D eigenvalue weighted by Crippen LogP contribution is 2.12. The Balaban J connectivity index is 4.51. The highest BCUT2D eigenvalue weighted by molar-refractivity contribution is 5.72. The molecule has 8 nitrogen and oxygen atoms in total. The average Bonchev–Trinajstić information content (AvgIpc) is 3.14. The molecule has 0 radical (unpaired) electrons. The molecule has 0 aliphatic heterocycles. The van der Waals surface area contributed by atoms with Crippen LogP contribution in [0.25, 0.3) is 0 Å². The fourth-order valence-corrected chi connectivity index (χ4v) is 5.38. The molecule has 8 heteroatoms. The highest BCUT2D eigenvalue weighted by atomic mass is 16.6. The Hall–Kier alpha value is -3.75. The molecule has 0 aromatic heterocycles. The zero-order valence-electron chi connectivity index (χ0n) is 35.1. The summed E-state index contributed by atoms with van der Waals surface area (Å²) in [6.45, 7) is 4.39. The first kappa shape index (κ1) is 51.2. The van der Waals surface area contributed by atoms with Crippen molar-refractivity contribution in [1.29, 1.82) is 0 Å². The quantitative estimate of drug-likeness (QED) is 0.0225. The summed E-state index contributed by atoms with van der Waals surface area (Å²) < 4.78 is 17.2.